The van der Waals surface area contributed by atoms with Gasteiger partial charge in [0, 0.05) is 61.4 Å². The summed E-state index contributed by atoms with van der Waals surface area (Å²) in [7, 11) is 4.09. The zero-order valence-corrected chi connectivity index (χ0v) is 23.1. The summed E-state index contributed by atoms with van der Waals surface area (Å²) in [5.74, 6) is -0.102. The van der Waals surface area contributed by atoms with Crippen molar-refractivity contribution in [1.82, 2.24) is 14.9 Å². The van der Waals surface area contributed by atoms with E-state index in [2.05, 4.69) is 74.2 Å². The van der Waals surface area contributed by atoms with Gasteiger partial charge in [-0.1, -0.05) is 6.07 Å². The van der Waals surface area contributed by atoms with Crippen LogP contribution in [0, 0.1) is 13.8 Å². The molecule has 1 amide bonds. The second-order valence-electron chi connectivity index (χ2n) is 9.80. The molecule has 0 spiro atoms. The Morgan fingerprint density at radius 2 is 1.68 bits per heavy atom. The van der Waals surface area contributed by atoms with Crippen molar-refractivity contribution < 1.29 is 4.79 Å². The van der Waals surface area contributed by atoms with Gasteiger partial charge in [0.15, 0.2) is 5.11 Å². The quantitative estimate of drug-likeness (QED) is 0.316. The fourth-order valence-corrected chi connectivity index (χ4v) is 5.59. The molecule has 0 aliphatic carbocycles. The van der Waals surface area contributed by atoms with Crippen LogP contribution in [0.3, 0.4) is 0 Å². The smallest absolute Gasteiger partial charge is 0.221 e. The summed E-state index contributed by atoms with van der Waals surface area (Å²) in [6.07, 6.45) is 1.82. The molecule has 0 radical (unpaired) electrons. The Labute approximate surface area is 229 Å². The molecular formula is C30H32N6OS. The molecule has 2 N–H and O–H groups in total. The summed E-state index contributed by atoms with van der Waals surface area (Å²) in [5.41, 5.74) is 8.37. The first-order valence-electron chi connectivity index (χ1n) is 12.6. The number of anilines is 3. The summed E-state index contributed by atoms with van der Waals surface area (Å²) in [4.78, 5) is 20.5. The van der Waals surface area contributed by atoms with E-state index in [1.807, 2.05) is 62.8 Å². The lowest BCUT2D eigenvalue weighted by Gasteiger charge is -2.28. The molecule has 1 saturated heterocycles. The average molecular weight is 525 g/mol. The Kier molecular flexibility index (Phi) is 6.91. The number of aryl methyl sites for hydroxylation is 1. The van der Waals surface area contributed by atoms with Crippen LogP contribution in [0.25, 0.3) is 5.69 Å². The van der Waals surface area contributed by atoms with Crippen LogP contribution in [0.1, 0.15) is 41.7 Å². The van der Waals surface area contributed by atoms with Gasteiger partial charge < -0.3 is 25.0 Å². The van der Waals surface area contributed by atoms with E-state index in [-0.39, 0.29) is 18.0 Å². The average Bonchev–Trinajstić information content (AvgIpc) is 3.39. The second kappa shape index (κ2) is 10.3. The number of carbonyl (C=O) groups is 1. The number of benzene rings is 2. The molecule has 38 heavy (non-hydrogen) atoms. The Morgan fingerprint density at radius 1 is 1.00 bits per heavy atom. The van der Waals surface area contributed by atoms with Crippen molar-refractivity contribution in [2.24, 2.45) is 0 Å². The van der Waals surface area contributed by atoms with Crippen LogP contribution in [0.4, 0.5) is 17.1 Å². The van der Waals surface area contributed by atoms with E-state index in [0.717, 1.165) is 39.8 Å². The fraction of sp³-hybridized carbons (Fsp3) is 0.233. The van der Waals surface area contributed by atoms with Gasteiger partial charge in [0.05, 0.1) is 17.8 Å². The van der Waals surface area contributed by atoms with Crippen LogP contribution in [-0.4, -0.2) is 34.7 Å². The van der Waals surface area contributed by atoms with Crippen LogP contribution in [0.15, 0.2) is 79.0 Å². The molecule has 2 aromatic carbocycles. The number of nitrogens with one attached hydrogen (secondary N) is 2. The normalized spacial score (nSPS) is 16.9. The molecule has 0 bridgehead atoms. The maximum atomic E-state index is 11.5. The largest absolute Gasteiger partial charge is 0.378 e. The molecule has 1 aliphatic rings. The first kappa shape index (κ1) is 25.5. The Hall–Kier alpha value is -4.17. The van der Waals surface area contributed by atoms with Crippen molar-refractivity contribution in [3.8, 4) is 5.69 Å². The molecule has 5 rings (SSSR count). The van der Waals surface area contributed by atoms with E-state index in [0.29, 0.717) is 5.11 Å². The van der Waals surface area contributed by atoms with Crippen molar-refractivity contribution in [3.63, 3.8) is 0 Å². The van der Waals surface area contributed by atoms with Gasteiger partial charge in [-0.05, 0) is 98.4 Å². The number of hydrogen-bond donors (Lipinski definition) is 2. The van der Waals surface area contributed by atoms with Gasteiger partial charge in [0.1, 0.15) is 0 Å². The Balaban J connectivity index is 1.61. The predicted molar refractivity (Wildman–Crippen MR) is 158 cm³/mol. The van der Waals surface area contributed by atoms with Gasteiger partial charge >= 0.3 is 0 Å². The maximum absolute atomic E-state index is 11.5. The molecule has 2 atom stereocenters. The second-order valence-corrected chi connectivity index (χ2v) is 10.2. The van der Waals surface area contributed by atoms with E-state index in [1.165, 1.54) is 12.5 Å². The van der Waals surface area contributed by atoms with E-state index in [1.54, 1.807) is 0 Å². The Bertz CT molecular complexity index is 1460. The highest BCUT2D eigenvalue weighted by Crippen LogP contribution is 2.44. The lowest BCUT2D eigenvalue weighted by Crippen LogP contribution is -2.29. The van der Waals surface area contributed by atoms with E-state index in [9.17, 15) is 4.79 Å². The monoisotopic (exact) mass is 524 g/mol. The van der Waals surface area contributed by atoms with Gasteiger partial charge in [-0.25, -0.2) is 0 Å². The minimum atomic E-state index is -0.135. The number of carbonyl (C=O) groups excluding carboxylic acids is 1. The minimum Gasteiger partial charge on any atom is -0.378 e. The molecule has 7 nitrogen and oxygen atoms in total. The molecule has 0 unspecified atom stereocenters. The lowest BCUT2D eigenvalue weighted by atomic mass is 9.96. The van der Waals surface area contributed by atoms with Crippen molar-refractivity contribution in [2.75, 3.05) is 29.2 Å². The first-order chi connectivity index (χ1) is 18.2. The van der Waals surface area contributed by atoms with Crippen molar-refractivity contribution in [1.29, 1.82) is 0 Å². The van der Waals surface area contributed by atoms with Gasteiger partial charge in [-0.2, -0.15) is 0 Å². The number of pyridine rings is 1. The lowest BCUT2D eigenvalue weighted by molar-refractivity contribution is -0.114. The SMILES string of the molecule is CC(=O)Nc1ccc(N2C(=S)N[C@@H](c3ccccn3)[C@H]2c2cc(C)n(-c3ccc(N(C)C)cc3)c2C)cc1. The molecular weight excluding hydrogens is 492 g/mol. The highest BCUT2D eigenvalue weighted by Gasteiger charge is 2.42. The molecule has 3 heterocycles. The molecule has 1 fully saturated rings. The zero-order valence-electron chi connectivity index (χ0n) is 22.3. The van der Waals surface area contributed by atoms with Gasteiger partial charge in [0.2, 0.25) is 5.91 Å². The molecule has 4 aromatic rings. The van der Waals surface area contributed by atoms with Crippen molar-refractivity contribution in [2.45, 2.75) is 32.9 Å². The van der Waals surface area contributed by atoms with E-state index < -0.39 is 0 Å². The number of amides is 1. The van der Waals surface area contributed by atoms with E-state index >= 15 is 0 Å². The van der Waals surface area contributed by atoms with Gasteiger partial charge in [0.25, 0.3) is 0 Å². The van der Waals surface area contributed by atoms with Crippen molar-refractivity contribution >= 4 is 40.3 Å². The highest BCUT2D eigenvalue weighted by molar-refractivity contribution is 7.80. The summed E-state index contributed by atoms with van der Waals surface area (Å²) in [6, 6.07) is 24.3. The third kappa shape index (κ3) is 4.75. The molecule has 0 saturated carbocycles. The number of aromatic nitrogens is 2. The Morgan fingerprint density at radius 3 is 2.29 bits per heavy atom. The van der Waals surface area contributed by atoms with Crippen LogP contribution < -0.4 is 20.4 Å². The third-order valence-electron chi connectivity index (χ3n) is 6.98. The van der Waals surface area contributed by atoms with Crippen molar-refractivity contribution in [3.05, 3.63) is 102 Å². The summed E-state index contributed by atoms with van der Waals surface area (Å²) in [5, 5.41) is 7.02. The van der Waals surface area contributed by atoms with Gasteiger partial charge in [-0.15, -0.1) is 0 Å². The molecule has 8 heteroatoms. The predicted octanol–water partition coefficient (Wildman–Crippen LogP) is 5.69. The zero-order chi connectivity index (χ0) is 27.0. The fourth-order valence-electron chi connectivity index (χ4n) is 5.24. The maximum Gasteiger partial charge on any atom is 0.221 e. The standard InChI is InChI=1S/C30H32N6OS/c1-19-18-26(20(2)35(19)24-15-13-23(14-16-24)34(4)5)29-28(27-8-6-7-17-31-27)33-30(38)36(29)25-11-9-22(10-12-25)32-21(3)37/h6-18,28-29H,1-5H3,(H,32,37)(H,33,38)/t28-,29+/m0/s1. The summed E-state index contributed by atoms with van der Waals surface area (Å²) >= 11 is 5.90. The number of nitrogens with zero attached hydrogens (tertiary/aromatic N) is 4. The minimum absolute atomic E-state index is 0.102. The van der Waals surface area contributed by atoms with Crippen LogP contribution in [0.5, 0.6) is 0 Å². The first-order valence-corrected chi connectivity index (χ1v) is 13.0. The highest BCUT2D eigenvalue weighted by atomic mass is 32.1. The number of thiocarbonyl (C=S) groups is 1. The summed E-state index contributed by atoms with van der Waals surface area (Å²) in [6.45, 7) is 5.81. The molecule has 2 aromatic heterocycles. The van der Waals surface area contributed by atoms with E-state index in [4.69, 9.17) is 12.2 Å². The molecule has 194 valence electrons. The van der Waals surface area contributed by atoms with Crippen LogP contribution in [0.2, 0.25) is 0 Å². The number of rotatable bonds is 6. The molecule has 1 aliphatic heterocycles. The third-order valence-corrected chi connectivity index (χ3v) is 7.29. The van der Waals surface area contributed by atoms with Crippen LogP contribution >= 0.6 is 12.2 Å². The summed E-state index contributed by atoms with van der Waals surface area (Å²) < 4.78 is 2.30. The van der Waals surface area contributed by atoms with Gasteiger partial charge in [-0.3, -0.25) is 9.78 Å². The topological polar surface area (TPSA) is 65.4 Å². The number of hydrogen-bond acceptors (Lipinski definition) is 4. The van der Waals surface area contributed by atoms with Crippen LogP contribution in [-0.2, 0) is 4.79 Å².